The lowest BCUT2D eigenvalue weighted by atomic mass is 9.86. The summed E-state index contributed by atoms with van der Waals surface area (Å²) in [6.07, 6.45) is -68.2. The average molecular weight is 1290 g/mol. The second kappa shape index (κ2) is 30.7. The standard InChI is InChI=1S/C49H83NO38/c1-10-19(50-12-2-11(3-51)38(26(64)20(12)58)83-45-34(72)27(65)40(16(7-55)79-45)85-44-32(70)24(62)21(59)13(4-52)77-44)23(61)31(69)43(76-10)84-39-15(6-54)80-46(35(73)28(39)66)86-41-17(8-56)81-47(36(74)29(41)67)87-42-18(9-57)82-49(37(75)30(42)68)88-48-33(71)25(63)22(60)14(5-53)78-48/h2,10,12-75H,3-9H2,1H3/t10-,12+,13-,14-,15-,16-,17-,18-,19-,20+,21-,22-,23+,24+,25+,26-,27-,28-,29-,30-,31-,32-,33-,34-,35-,36-,37-,38-,39-,40-,41-,42-,43-,44-,45-,46-,47-,48-,49-/m1/s1. The van der Waals surface area contributed by atoms with Crippen LogP contribution in [0.2, 0.25) is 0 Å². The zero-order valence-electron chi connectivity index (χ0n) is 46.5. The van der Waals surface area contributed by atoms with E-state index in [0.29, 0.717) is 0 Å². The third-order valence-corrected chi connectivity index (χ3v) is 16.9. The van der Waals surface area contributed by atoms with Crippen molar-refractivity contribution in [2.75, 3.05) is 46.2 Å². The van der Waals surface area contributed by atoms with Crippen molar-refractivity contribution in [3.05, 3.63) is 11.6 Å². The van der Waals surface area contributed by atoms with Crippen molar-refractivity contribution >= 4 is 0 Å². The predicted molar refractivity (Wildman–Crippen MR) is 268 cm³/mol. The van der Waals surface area contributed by atoms with Crippen molar-refractivity contribution in [1.82, 2.24) is 5.32 Å². The number of aliphatic hydroxyl groups is 25. The Balaban J connectivity index is 0.849. The number of nitrogens with one attached hydrogen (secondary N) is 1. The van der Waals surface area contributed by atoms with Crippen LogP contribution in [-0.4, -0.2) is 413 Å². The van der Waals surface area contributed by atoms with E-state index in [2.05, 4.69) is 5.32 Å². The van der Waals surface area contributed by atoms with Crippen molar-refractivity contribution in [2.45, 2.75) is 246 Å². The van der Waals surface area contributed by atoms with Crippen LogP contribution in [0.25, 0.3) is 0 Å². The molecule has 8 aliphatic rings. The van der Waals surface area contributed by atoms with Gasteiger partial charge in [-0.15, -0.1) is 0 Å². The SMILES string of the molecule is C[C@H]1O[C@H](O[C@H]2[C@H](O)[C@@H](O)[C@@H](O[C@H]3[C@H](O)[C@@H](O)[C@@H](O[C@H]4[C@H](O)[C@@H](O)[C@@H](O[C@H]5O[C@H](CO)[C@@H](O)[C@H](O)[C@H]5O)O[C@@H]4CO)O[C@@H]3CO)O[C@@H]2CO)[C@H](O)[C@@H](O)[C@@H]1N[C@H]1C=C(CO)[C@@H](O[C@H]2O[C@H](CO)[C@@H](O[C@H]3O[C@H](CO)[C@@H](O)[C@H](O)[C@H]3O)[C@H](O)[C@H]2O)[C@H](O)[C@H]1O. The van der Waals surface area contributed by atoms with Gasteiger partial charge in [0, 0.05) is 0 Å². The lowest BCUT2D eigenvalue weighted by molar-refractivity contribution is -0.399. The molecule has 7 heterocycles. The Kier molecular flexibility index (Phi) is 25.1. The smallest absolute Gasteiger partial charge is 0.189 e. The first-order valence-electron chi connectivity index (χ1n) is 28.2. The molecular weight excluding hydrogens is 1210 g/mol. The first kappa shape index (κ1) is 72.0. The Hall–Kier alpha value is -1.82. The third kappa shape index (κ3) is 14.5. The maximum atomic E-state index is 11.5. The zero-order chi connectivity index (χ0) is 64.7. The summed E-state index contributed by atoms with van der Waals surface area (Å²) >= 11 is 0. The van der Waals surface area contributed by atoms with Gasteiger partial charge in [-0.05, 0) is 12.5 Å². The van der Waals surface area contributed by atoms with Gasteiger partial charge in [-0.3, -0.25) is 0 Å². The largest absolute Gasteiger partial charge is 0.394 e. The second-order valence-corrected chi connectivity index (χ2v) is 22.6. The van der Waals surface area contributed by atoms with Crippen molar-refractivity contribution in [2.24, 2.45) is 0 Å². The molecule has 0 aromatic rings. The molecule has 88 heavy (non-hydrogen) atoms. The summed E-state index contributed by atoms with van der Waals surface area (Å²) < 4.78 is 72.8. The molecule has 39 atom stereocenters. The van der Waals surface area contributed by atoms with Crippen molar-refractivity contribution < 1.29 is 189 Å². The van der Waals surface area contributed by atoms with E-state index in [9.17, 15) is 128 Å². The molecule has 7 fully saturated rings. The lowest BCUT2D eigenvalue weighted by Gasteiger charge is -2.49. The van der Waals surface area contributed by atoms with Gasteiger partial charge in [0.15, 0.2) is 44.0 Å². The van der Waals surface area contributed by atoms with Gasteiger partial charge in [0.1, 0.15) is 177 Å². The highest BCUT2D eigenvalue weighted by Gasteiger charge is 2.58. The van der Waals surface area contributed by atoms with Gasteiger partial charge in [0.25, 0.3) is 0 Å². The molecule has 7 aliphatic heterocycles. The van der Waals surface area contributed by atoms with Crippen LogP contribution < -0.4 is 5.32 Å². The highest BCUT2D eigenvalue weighted by atomic mass is 16.8. The van der Waals surface area contributed by atoms with Gasteiger partial charge in [0.2, 0.25) is 0 Å². The quantitative estimate of drug-likeness (QED) is 0.0475. The molecule has 0 bridgehead atoms. The van der Waals surface area contributed by atoms with Crippen LogP contribution in [0.1, 0.15) is 6.92 Å². The number of hydrogen-bond donors (Lipinski definition) is 26. The van der Waals surface area contributed by atoms with Crippen LogP contribution in [0.15, 0.2) is 11.6 Å². The fraction of sp³-hybridized carbons (Fsp3) is 0.959. The molecule has 39 nitrogen and oxygen atoms in total. The fourth-order valence-electron chi connectivity index (χ4n) is 11.7. The van der Waals surface area contributed by atoms with Gasteiger partial charge >= 0.3 is 0 Å². The van der Waals surface area contributed by atoms with E-state index < -0.39 is 285 Å². The monoisotopic (exact) mass is 1290 g/mol. The van der Waals surface area contributed by atoms with E-state index in [1.807, 2.05) is 0 Å². The van der Waals surface area contributed by atoms with Crippen molar-refractivity contribution in [3.63, 3.8) is 0 Å². The molecule has 0 aromatic heterocycles. The van der Waals surface area contributed by atoms with E-state index in [4.69, 9.17) is 61.6 Å². The predicted octanol–water partition coefficient (Wildman–Crippen LogP) is -17.3. The summed E-state index contributed by atoms with van der Waals surface area (Å²) in [7, 11) is 0. The molecule has 0 unspecified atom stereocenters. The molecule has 26 N–H and O–H groups in total. The van der Waals surface area contributed by atoms with Gasteiger partial charge < -0.3 is 195 Å². The molecule has 8 rings (SSSR count). The van der Waals surface area contributed by atoms with Crippen LogP contribution in [0.3, 0.4) is 0 Å². The fourth-order valence-corrected chi connectivity index (χ4v) is 11.7. The minimum absolute atomic E-state index is 0.178. The first-order chi connectivity index (χ1) is 41.7. The molecule has 1 aliphatic carbocycles. The summed E-state index contributed by atoms with van der Waals surface area (Å²) in [5.41, 5.74) is -0.178. The molecule has 512 valence electrons. The zero-order valence-corrected chi connectivity index (χ0v) is 46.5. The molecular formula is C49H83NO38. The van der Waals surface area contributed by atoms with Crippen molar-refractivity contribution in [1.29, 1.82) is 0 Å². The Labute approximate surface area is 497 Å². The maximum Gasteiger partial charge on any atom is 0.189 e. The van der Waals surface area contributed by atoms with Crippen LogP contribution in [-0.2, 0) is 61.6 Å². The minimum Gasteiger partial charge on any atom is -0.394 e. The van der Waals surface area contributed by atoms with E-state index >= 15 is 0 Å². The van der Waals surface area contributed by atoms with Crippen LogP contribution in [0.4, 0.5) is 0 Å². The van der Waals surface area contributed by atoms with Crippen LogP contribution >= 0.6 is 0 Å². The second-order valence-electron chi connectivity index (χ2n) is 22.6. The lowest BCUT2D eigenvalue weighted by Crippen LogP contribution is -2.69. The van der Waals surface area contributed by atoms with Crippen LogP contribution in [0, 0.1) is 0 Å². The molecule has 0 aromatic carbocycles. The molecule has 0 amide bonds. The van der Waals surface area contributed by atoms with Gasteiger partial charge in [-0.1, -0.05) is 6.08 Å². The average Bonchev–Trinajstić information content (AvgIpc) is 3.12. The van der Waals surface area contributed by atoms with Crippen molar-refractivity contribution in [3.8, 4) is 0 Å². The molecule has 7 saturated heterocycles. The number of ether oxygens (including phenoxy) is 13. The number of hydrogen-bond acceptors (Lipinski definition) is 39. The summed E-state index contributed by atoms with van der Waals surface area (Å²) in [5.74, 6) is 0. The van der Waals surface area contributed by atoms with Gasteiger partial charge in [-0.25, -0.2) is 0 Å². The summed E-state index contributed by atoms with van der Waals surface area (Å²) in [5, 5.41) is 270. The van der Waals surface area contributed by atoms with E-state index in [1.165, 1.54) is 6.92 Å². The molecule has 0 spiro atoms. The summed E-state index contributed by atoms with van der Waals surface area (Å²) in [4.78, 5) is 0. The third-order valence-electron chi connectivity index (χ3n) is 16.9. The highest BCUT2D eigenvalue weighted by Crippen LogP contribution is 2.38. The van der Waals surface area contributed by atoms with Gasteiger partial charge in [0.05, 0.1) is 64.4 Å². The Morgan fingerprint density at radius 1 is 0.307 bits per heavy atom. The molecule has 0 saturated carbocycles. The van der Waals surface area contributed by atoms with Crippen LogP contribution in [0.5, 0.6) is 0 Å². The Morgan fingerprint density at radius 2 is 0.591 bits per heavy atom. The van der Waals surface area contributed by atoms with E-state index in [1.54, 1.807) is 0 Å². The molecule has 0 radical (unpaired) electrons. The summed E-state index contributed by atoms with van der Waals surface area (Å²) in [6.45, 7) is -5.22. The highest BCUT2D eigenvalue weighted by molar-refractivity contribution is 5.23. The summed E-state index contributed by atoms with van der Waals surface area (Å²) in [6, 6.07) is -2.76. The first-order valence-corrected chi connectivity index (χ1v) is 28.2. The Morgan fingerprint density at radius 3 is 0.920 bits per heavy atom. The van der Waals surface area contributed by atoms with E-state index in [0.717, 1.165) is 6.08 Å². The van der Waals surface area contributed by atoms with E-state index in [-0.39, 0.29) is 5.57 Å². The topological polar surface area (TPSA) is 638 Å². The molecule has 39 heteroatoms. The maximum absolute atomic E-state index is 11.5. The number of aliphatic hydroxyl groups excluding tert-OH is 25. The normalized spacial score (nSPS) is 53.2. The van der Waals surface area contributed by atoms with Gasteiger partial charge in [-0.2, -0.15) is 0 Å². The minimum atomic E-state index is -2.19. The number of rotatable bonds is 21. The Bertz CT molecular complexity index is 2180.